The number of nitrogens with one attached hydrogen (secondary N) is 1. The number of rotatable bonds is 5. The normalized spacial score (nSPS) is 21.1. The van der Waals surface area contributed by atoms with Crippen LogP contribution in [0, 0.1) is 0 Å². The van der Waals surface area contributed by atoms with Gasteiger partial charge in [-0.3, -0.25) is 4.79 Å². The molecule has 1 unspecified atom stereocenters. The van der Waals surface area contributed by atoms with Crippen molar-refractivity contribution < 1.29 is 9.59 Å². The van der Waals surface area contributed by atoms with E-state index < -0.39 is 0 Å². The Hall–Kier alpha value is -1.06. The van der Waals surface area contributed by atoms with Crippen LogP contribution in [-0.4, -0.2) is 35.8 Å². The monoisotopic (exact) mass is 198 g/mol. The number of carbonyl (C=O) groups excluding carboxylic acids is 2. The first-order valence-electron chi connectivity index (χ1n) is 5.18. The lowest BCUT2D eigenvalue weighted by atomic mass is 10.2. The standard InChI is InChI=1S/C10H18N2O2/c1-3-4-9-7-12(10(14)11-9)6-5-8(2)13/h9H,3-7H2,1-2H3,(H,11,14). The molecule has 0 spiro atoms. The molecule has 0 aromatic carbocycles. The number of hydrogen-bond acceptors (Lipinski definition) is 2. The smallest absolute Gasteiger partial charge is 0.317 e. The van der Waals surface area contributed by atoms with Crippen molar-refractivity contribution in [2.24, 2.45) is 0 Å². The van der Waals surface area contributed by atoms with Gasteiger partial charge >= 0.3 is 6.03 Å². The van der Waals surface area contributed by atoms with E-state index >= 15 is 0 Å². The van der Waals surface area contributed by atoms with Gasteiger partial charge in [-0.05, 0) is 13.3 Å². The van der Waals surface area contributed by atoms with Crippen LogP contribution in [0.25, 0.3) is 0 Å². The predicted molar refractivity (Wildman–Crippen MR) is 54.1 cm³/mol. The molecular formula is C10H18N2O2. The van der Waals surface area contributed by atoms with E-state index in [-0.39, 0.29) is 17.9 Å². The average Bonchev–Trinajstić information content (AvgIpc) is 2.44. The number of carbonyl (C=O) groups is 2. The van der Waals surface area contributed by atoms with Gasteiger partial charge in [0.15, 0.2) is 0 Å². The number of ketones is 1. The van der Waals surface area contributed by atoms with Gasteiger partial charge in [0.1, 0.15) is 5.78 Å². The number of nitrogens with zero attached hydrogens (tertiary/aromatic N) is 1. The fourth-order valence-electron chi connectivity index (χ4n) is 1.66. The minimum atomic E-state index is -0.0234. The minimum Gasteiger partial charge on any atom is -0.333 e. The second-order valence-electron chi connectivity index (χ2n) is 3.83. The first kappa shape index (κ1) is 11.0. The second kappa shape index (κ2) is 4.98. The third-order valence-electron chi connectivity index (χ3n) is 2.43. The van der Waals surface area contributed by atoms with Crippen LogP contribution in [-0.2, 0) is 4.79 Å². The summed E-state index contributed by atoms with van der Waals surface area (Å²) in [6.45, 7) is 4.96. The quantitative estimate of drug-likeness (QED) is 0.720. The van der Waals surface area contributed by atoms with Crippen molar-refractivity contribution in [3.63, 3.8) is 0 Å². The van der Waals surface area contributed by atoms with E-state index in [2.05, 4.69) is 12.2 Å². The van der Waals surface area contributed by atoms with E-state index in [0.29, 0.717) is 13.0 Å². The van der Waals surface area contributed by atoms with Gasteiger partial charge in [0.05, 0.1) is 0 Å². The molecule has 0 aromatic heterocycles. The summed E-state index contributed by atoms with van der Waals surface area (Å²) >= 11 is 0. The van der Waals surface area contributed by atoms with Gasteiger partial charge in [-0.25, -0.2) is 4.79 Å². The summed E-state index contributed by atoms with van der Waals surface area (Å²) in [5.74, 6) is 0.136. The lowest BCUT2D eigenvalue weighted by molar-refractivity contribution is -0.117. The highest BCUT2D eigenvalue weighted by Crippen LogP contribution is 2.09. The van der Waals surface area contributed by atoms with E-state index in [0.717, 1.165) is 19.4 Å². The predicted octanol–water partition coefficient (Wildman–Crippen LogP) is 1.16. The van der Waals surface area contributed by atoms with Crippen LogP contribution < -0.4 is 5.32 Å². The fourth-order valence-corrected chi connectivity index (χ4v) is 1.66. The molecule has 1 aliphatic heterocycles. The molecule has 2 amide bonds. The van der Waals surface area contributed by atoms with Crippen molar-refractivity contribution in [2.45, 2.75) is 39.2 Å². The molecule has 1 saturated heterocycles. The van der Waals surface area contributed by atoms with E-state index in [1.807, 2.05) is 0 Å². The topological polar surface area (TPSA) is 49.4 Å². The lowest BCUT2D eigenvalue weighted by Gasteiger charge is -2.12. The minimum absolute atomic E-state index is 0.0234. The zero-order chi connectivity index (χ0) is 10.6. The highest BCUT2D eigenvalue weighted by molar-refractivity contribution is 5.79. The van der Waals surface area contributed by atoms with Crippen LogP contribution in [0.5, 0.6) is 0 Å². The summed E-state index contributed by atoms with van der Waals surface area (Å²) in [4.78, 5) is 23.9. The van der Waals surface area contributed by atoms with Gasteiger partial charge < -0.3 is 10.2 Å². The van der Waals surface area contributed by atoms with Gasteiger partial charge in [-0.1, -0.05) is 13.3 Å². The largest absolute Gasteiger partial charge is 0.333 e. The summed E-state index contributed by atoms with van der Waals surface area (Å²) in [6.07, 6.45) is 2.56. The second-order valence-corrected chi connectivity index (χ2v) is 3.83. The first-order chi connectivity index (χ1) is 6.63. The number of amides is 2. The van der Waals surface area contributed by atoms with Gasteiger partial charge in [0.2, 0.25) is 0 Å². The molecule has 0 aliphatic carbocycles. The van der Waals surface area contributed by atoms with E-state index in [1.54, 1.807) is 11.8 Å². The summed E-state index contributed by atoms with van der Waals surface area (Å²) in [5.41, 5.74) is 0. The molecule has 4 heteroatoms. The molecule has 1 atom stereocenters. The Morgan fingerprint density at radius 2 is 2.36 bits per heavy atom. The van der Waals surface area contributed by atoms with Crippen LogP contribution in [0.15, 0.2) is 0 Å². The molecular weight excluding hydrogens is 180 g/mol. The Bertz CT molecular complexity index is 228. The lowest BCUT2D eigenvalue weighted by Crippen LogP contribution is -2.30. The van der Waals surface area contributed by atoms with E-state index in [9.17, 15) is 9.59 Å². The third-order valence-corrected chi connectivity index (χ3v) is 2.43. The highest BCUT2D eigenvalue weighted by Gasteiger charge is 2.27. The molecule has 1 rings (SSSR count). The number of urea groups is 1. The highest BCUT2D eigenvalue weighted by atomic mass is 16.2. The maximum Gasteiger partial charge on any atom is 0.317 e. The number of hydrogen-bond donors (Lipinski definition) is 1. The Morgan fingerprint density at radius 3 is 2.93 bits per heavy atom. The van der Waals surface area contributed by atoms with Crippen LogP contribution in [0.1, 0.15) is 33.1 Å². The zero-order valence-electron chi connectivity index (χ0n) is 8.88. The summed E-state index contributed by atoms with van der Waals surface area (Å²) in [5, 5.41) is 2.90. The van der Waals surface area contributed by atoms with Gasteiger partial charge in [-0.2, -0.15) is 0 Å². The molecule has 4 nitrogen and oxygen atoms in total. The molecule has 14 heavy (non-hydrogen) atoms. The van der Waals surface area contributed by atoms with E-state index in [4.69, 9.17) is 0 Å². The van der Waals surface area contributed by atoms with Crippen molar-refractivity contribution in [3.8, 4) is 0 Å². The molecule has 0 radical (unpaired) electrons. The maximum absolute atomic E-state index is 11.4. The third kappa shape index (κ3) is 3.01. The van der Waals surface area contributed by atoms with Crippen molar-refractivity contribution >= 4 is 11.8 Å². The Kier molecular flexibility index (Phi) is 3.92. The molecule has 80 valence electrons. The molecule has 1 fully saturated rings. The van der Waals surface area contributed by atoms with Crippen molar-refractivity contribution in [1.29, 1.82) is 0 Å². The summed E-state index contributed by atoms with van der Waals surface area (Å²) in [7, 11) is 0. The van der Waals surface area contributed by atoms with Gasteiger partial charge in [0.25, 0.3) is 0 Å². The van der Waals surface area contributed by atoms with Crippen LogP contribution in [0.3, 0.4) is 0 Å². The van der Waals surface area contributed by atoms with Crippen molar-refractivity contribution in [1.82, 2.24) is 10.2 Å². The van der Waals surface area contributed by atoms with E-state index in [1.165, 1.54) is 0 Å². The van der Waals surface area contributed by atoms with Gasteiger partial charge in [0, 0.05) is 25.6 Å². The van der Waals surface area contributed by atoms with Gasteiger partial charge in [-0.15, -0.1) is 0 Å². The number of Topliss-reactive ketones (excluding diaryl/α,β-unsaturated/α-hetero) is 1. The molecule has 1 N–H and O–H groups in total. The van der Waals surface area contributed by atoms with Crippen LogP contribution in [0.4, 0.5) is 4.79 Å². The summed E-state index contributed by atoms with van der Waals surface area (Å²) in [6, 6.07) is 0.254. The first-order valence-corrected chi connectivity index (χ1v) is 5.18. The molecule has 0 bridgehead atoms. The maximum atomic E-state index is 11.4. The zero-order valence-corrected chi connectivity index (χ0v) is 8.88. The summed E-state index contributed by atoms with van der Waals surface area (Å²) < 4.78 is 0. The van der Waals surface area contributed by atoms with Crippen molar-refractivity contribution in [2.75, 3.05) is 13.1 Å². The average molecular weight is 198 g/mol. The fraction of sp³-hybridized carbons (Fsp3) is 0.800. The Balaban J connectivity index is 2.33. The molecule has 0 saturated carbocycles. The Morgan fingerprint density at radius 1 is 1.64 bits per heavy atom. The molecule has 1 heterocycles. The van der Waals surface area contributed by atoms with Crippen LogP contribution in [0.2, 0.25) is 0 Å². The molecule has 0 aromatic rings. The molecule has 1 aliphatic rings. The van der Waals surface area contributed by atoms with Crippen molar-refractivity contribution in [3.05, 3.63) is 0 Å². The Labute approximate surface area is 84.7 Å². The van der Waals surface area contributed by atoms with Crippen LogP contribution >= 0.6 is 0 Å². The SMILES string of the molecule is CCCC1CN(CCC(C)=O)C(=O)N1.